The van der Waals surface area contributed by atoms with E-state index in [0.29, 0.717) is 11.4 Å². The van der Waals surface area contributed by atoms with Gasteiger partial charge in [-0.1, -0.05) is 15.9 Å². The van der Waals surface area contributed by atoms with Crippen LogP contribution in [-0.4, -0.2) is 42.3 Å². The molecule has 0 aromatic rings. The zero-order valence-corrected chi connectivity index (χ0v) is 8.93. The minimum atomic E-state index is 0.0929. The van der Waals surface area contributed by atoms with Crippen LogP contribution in [0.25, 0.3) is 0 Å². The summed E-state index contributed by atoms with van der Waals surface area (Å²) in [5.74, 6) is 0.0929. The molecule has 1 heterocycles. The molecule has 3 nitrogen and oxygen atoms in total. The molecule has 1 aliphatic heterocycles. The fraction of sp³-hybridized carbons (Fsp3) is 0.875. The molecule has 0 aliphatic carbocycles. The summed E-state index contributed by atoms with van der Waals surface area (Å²) in [4.78, 5) is 13.3. The van der Waals surface area contributed by atoms with Gasteiger partial charge in [0.25, 0.3) is 0 Å². The van der Waals surface area contributed by atoms with Crippen molar-refractivity contribution in [2.75, 3.05) is 25.5 Å². The summed E-state index contributed by atoms with van der Waals surface area (Å²) in [6, 6.07) is 0.355. The third kappa shape index (κ3) is 3.11. The zero-order chi connectivity index (χ0) is 8.97. The molecule has 0 aromatic carbocycles. The van der Waals surface area contributed by atoms with Crippen LogP contribution >= 0.6 is 15.9 Å². The maximum absolute atomic E-state index is 11.0. The SMILES string of the molecule is CN1CCCC(NC(=O)CBr)C1. The molecule has 0 saturated carbocycles. The molecule has 1 unspecified atom stereocenters. The second-order valence-electron chi connectivity index (χ2n) is 3.30. The van der Waals surface area contributed by atoms with E-state index < -0.39 is 0 Å². The first-order valence-electron chi connectivity index (χ1n) is 4.26. The highest BCUT2D eigenvalue weighted by atomic mass is 79.9. The first-order valence-corrected chi connectivity index (χ1v) is 5.38. The Kier molecular flexibility index (Phi) is 4.01. The predicted octanol–water partition coefficient (Wildman–Crippen LogP) is 0.592. The molecule has 0 bridgehead atoms. The number of carbonyl (C=O) groups is 1. The minimum Gasteiger partial charge on any atom is -0.351 e. The second kappa shape index (κ2) is 4.82. The Bertz CT molecular complexity index is 163. The van der Waals surface area contributed by atoms with Gasteiger partial charge in [-0.3, -0.25) is 4.79 Å². The smallest absolute Gasteiger partial charge is 0.230 e. The molecular weight excluding hydrogens is 220 g/mol. The van der Waals surface area contributed by atoms with Crippen LogP contribution in [0.3, 0.4) is 0 Å². The van der Waals surface area contributed by atoms with E-state index in [2.05, 4.69) is 33.2 Å². The van der Waals surface area contributed by atoms with E-state index in [0.717, 1.165) is 19.5 Å². The number of nitrogens with one attached hydrogen (secondary N) is 1. The molecule has 1 fully saturated rings. The Morgan fingerprint density at radius 1 is 1.75 bits per heavy atom. The molecule has 1 saturated heterocycles. The number of piperidine rings is 1. The van der Waals surface area contributed by atoms with Crippen molar-refractivity contribution in [2.45, 2.75) is 18.9 Å². The van der Waals surface area contributed by atoms with E-state index in [1.165, 1.54) is 6.42 Å². The Hall–Kier alpha value is -0.0900. The van der Waals surface area contributed by atoms with E-state index in [4.69, 9.17) is 0 Å². The largest absolute Gasteiger partial charge is 0.351 e. The summed E-state index contributed by atoms with van der Waals surface area (Å²) in [5, 5.41) is 3.38. The van der Waals surface area contributed by atoms with Crippen molar-refractivity contribution in [1.82, 2.24) is 10.2 Å². The third-order valence-electron chi connectivity index (χ3n) is 2.11. The van der Waals surface area contributed by atoms with Gasteiger partial charge in [0.15, 0.2) is 0 Å². The van der Waals surface area contributed by atoms with Crippen molar-refractivity contribution < 1.29 is 4.79 Å². The van der Waals surface area contributed by atoms with Gasteiger partial charge in [-0.25, -0.2) is 0 Å². The predicted molar refractivity (Wildman–Crippen MR) is 52.5 cm³/mol. The molecule has 1 amide bonds. The second-order valence-corrected chi connectivity index (χ2v) is 3.86. The highest BCUT2D eigenvalue weighted by molar-refractivity contribution is 9.09. The zero-order valence-electron chi connectivity index (χ0n) is 7.35. The van der Waals surface area contributed by atoms with Crippen molar-refractivity contribution in [1.29, 1.82) is 0 Å². The Labute approximate surface area is 81.6 Å². The highest BCUT2D eigenvalue weighted by Gasteiger charge is 2.17. The summed E-state index contributed by atoms with van der Waals surface area (Å²) in [6.07, 6.45) is 2.30. The lowest BCUT2D eigenvalue weighted by atomic mass is 10.1. The number of likely N-dealkylation sites (N-methyl/N-ethyl adjacent to an activating group) is 1. The van der Waals surface area contributed by atoms with E-state index in [9.17, 15) is 4.79 Å². The van der Waals surface area contributed by atoms with Gasteiger partial charge in [-0.2, -0.15) is 0 Å². The maximum Gasteiger partial charge on any atom is 0.230 e. The lowest BCUT2D eigenvalue weighted by Crippen LogP contribution is -2.46. The number of hydrogen-bond donors (Lipinski definition) is 1. The van der Waals surface area contributed by atoms with Gasteiger partial charge in [-0.15, -0.1) is 0 Å². The average molecular weight is 235 g/mol. The van der Waals surface area contributed by atoms with Crippen LogP contribution in [0.15, 0.2) is 0 Å². The summed E-state index contributed by atoms with van der Waals surface area (Å²) < 4.78 is 0. The van der Waals surface area contributed by atoms with Gasteiger partial charge in [0.2, 0.25) is 5.91 Å². The molecule has 1 rings (SSSR count). The van der Waals surface area contributed by atoms with E-state index in [1.807, 2.05) is 0 Å². The number of carbonyl (C=O) groups excluding carboxylic acids is 1. The monoisotopic (exact) mass is 234 g/mol. The summed E-state index contributed by atoms with van der Waals surface area (Å²) in [5.41, 5.74) is 0. The molecular formula is C8H15BrN2O. The van der Waals surface area contributed by atoms with Crippen molar-refractivity contribution >= 4 is 21.8 Å². The molecule has 0 spiro atoms. The van der Waals surface area contributed by atoms with Crippen LogP contribution in [0.5, 0.6) is 0 Å². The summed E-state index contributed by atoms with van der Waals surface area (Å²) in [7, 11) is 2.09. The fourth-order valence-corrected chi connectivity index (χ4v) is 1.71. The molecule has 4 heteroatoms. The average Bonchev–Trinajstić information content (AvgIpc) is 2.04. The van der Waals surface area contributed by atoms with Crippen LogP contribution in [0, 0.1) is 0 Å². The van der Waals surface area contributed by atoms with E-state index >= 15 is 0 Å². The molecule has 1 aliphatic rings. The number of nitrogens with zero attached hydrogens (tertiary/aromatic N) is 1. The van der Waals surface area contributed by atoms with E-state index in [-0.39, 0.29) is 5.91 Å². The quantitative estimate of drug-likeness (QED) is 0.710. The Morgan fingerprint density at radius 3 is 3.08 bits per heavy atom. The number of halogens is 1. The molecule has 0 aromatic heterocycles. The highest BCUT2D eigenvalue weighted by Crippen LogP contribution is 2.07. The molecule has 1 atom stereocenters. The number of amides is 1. The van der Waals surface area contributed by atoms with Crippen LogP contribution in [0.4, 0.5) is 0 Å². The number of rotatable bonds is 2. The van der Waals surface area contributed by atoms with Crippen molar-refractivity contribution in [3.63, 3.8) is 0 Å². The Balaban J connectivity index is 2.27. The summed E-state index contributed by atoms with van der Waals surface area (Å²) in [6.45, 7) is 2.14. The molecule has 70 valence electrons. The van der Waals surface area contributed by atoms with Gasteiger partial charge in [0.05, 0.1) is 5.33 Å². The van der Waals surface area contributed by atoms with Gasteiger partial charge in [0.1, 0.15) is 0 Å². The van der Waals surface area contributed by atoms with Gasteiger partial charge in [-0.05, 0) is 26.4 Å². The van der Waals surface area contributed by atoms with Gasteiger partial charge < -0.3 is 10.2 Å². The minimum absolute atomic E-state index is 0.0929. The van der Waals surface area contributed by atoms with Gasteiger partial charge >= 0.3 is 0 Å². The number of alkyl halides is 1. The van der Waals surface area contributed by atoms with Gasteiger partial charge in [0, 0.05) is 12.6 Å². The van der Waals surface area contributed by atoms with Crippen molar-refractivity contribution in [2.24, 2.45) is 0 Å². The third-order valence-corrected chi connectivity index (χ3v) is 2.62. The first kappa shape index (κ1) is 9.99. The topological polar surface area (TPSA) is 32.3 Å². The van der Waals surface area contributed by atoms with Crippen LogP contribution < -0.4 is 5.32 Å². The molecule has 1 N–H and O–H groups in total. The summed E-state index contributed by atoms with van der Waals surface area (Å²) >= 11 is 3.13. The molecule has 12 heavy (non-hydrogen) atoms. The van der Waals surface area contributed by atoms with Crippen LogP contribution in [0.2, 0.25) is 0 Å². The van der Waals surface area contributed by atoms with E-state index in [1.54, 1.807) is 0 Å². The standard InChI is InChI=1S/C8H15BrN2O/c1-11-4-2-3-7(6-11)10-8(12)5-9/h7H,2-6H2,1H3,(H,10,12). The number of likely N-dealkylation sites (tertiary alicyclic amines) is 1. The maximum atomic E-state index is 11.0. The van der Waals surface area contributed by atoms with Crippen LogP contribution in [-0.2, 0) is 4.79 Å². The molecule has 0 radical (unpaired) electrons. The normalized spacial score (nSPS) is 25.3. The fourth-order valence-electron chi connectivity index (χ4n) is 1.55. The lowest BCUT2D eigenvalue weighted by molar-refractivity contribution is -0.119. The van der Waals surface area contributed by atoms with Crippen molar-refractivity contribution in [3.05, 3.63) is 0 Å². The number of hydrogen-bond acceptors (Lipinski definition) is 2. The van der Waals surface area contributed by atoms with Crippen LogP contribution in [0.1, 0.15) is 12.8 Å². The van der Waals surface area contributed by atoms with Crippen molar-refractivity contribution in [3.8, 4) is 0 Å². The first-order chi connectivity index (χ1) is 5.72. The Morgan fingerprint density at radius 2 is 2.50 bits per heavy atom. The lowest BCUT2D eigenvalue weighted by Gasteiger charge is -2.29.